The van der Waals surface area contributed by atoms with Crippen LogP contribution in [0.2, 0.25) is 0 Å². The molecule has 0 saturated heterocycles. The van der Waals surface area contributed by atoms with Crippen molar-refractivity contribution in [3.05, 3.63) is 48.8 Å². The van der Waals surface area contributed by atoms with E-state index in [1.165, 1.54) is 19.2 Å². The van der Waals surface area contributed by atoms with Gasteiger partial charge >= 0.3 is 5.69 Å². The minimum absolute atomic E-state index is 0.0571. The Morgan fingerprint density at radius 2 is 1.86 bits per heavy atom. The standard InChI is InChI=1S/C13H14N4O5/c1-3-4-14-10-7-12(18)15(2)13-9(10)5-8(16(19)20)6-11(13)17(21)22/h5-7,14H,3-4H2,1-2H3. The molecule has 0 bridgehead atoms. The summed E-state index contributed by atoms with van der Waals surface area (Å²) in [4.78, 5) is 32.8. The van der Waals surface area contributed by atoms with Crippen molar-refractivity contribution in [2.75, 3.05) is 11.9 Å². The molecule has 0 radical (unpaired) electrons. The van der Waals surface area contributed by atoms with Crippen LogP contribution < -0.4 is 10.9 Å². The molecule has 9 heteroatoms. The van der Waals surface area contributed by atoms with E-state index < -0.39 is 26.8 Å². The second-order valence-electron chi connectivity index (χ2n) is 4.76. The molecule has 0 unspecified atom stereocenters. The summed E-state index contributed by atoms with van der Waals surface area (Å²) in [6.07, 6.45) is 0.772. The number of hydrogen-bond acceptors (Lipinski definition) is 6. The minimum Gasteiger partial charge on any atom is -0.384 e. The van der Waals surface area contributed by atoms with E-state index in [-0.39, 0.29) is 10.9 Å². The largest absolute Gasteiger partial charge is 0.384 e. The van der Waals surface area contributed by atoms with Crippen molar-refractivity contribution < 1.29 is 9.85 Å². The number of anilines is 1. The highest BCUT2D eigenvalue weighted by atomic mass is 16.6. The van der Waals surface area contributed by atoms with Crippen LogP contribution in [-0.2, 0) is 7.05 Å². The normalized spacial score (nSPS) is 10.6. The number of benzene rings is 1. The van der Waals surface area contributed by atoms with Crippen LogP contribution in [0.25, 0.3) is 10.9 Å². The summed E-state index contributed by atoms with van der Waals surface area (Å²) < 4.78 is 1.12. The molecule has 0 aliphatic rings. The fourth-order valence-corrected chi connectivity index (χ4v) is 2.22. The third-order valence-corrected chi connectivity index (χ3v) is 3.27. The molecule has 0 atom stereocenters. The topological polar surface area (TPSA) is 120 Å². The Hall–Kier alpha value is -2.97. The van der Waals surface area contributed by atoms with E-state index in [1.54, 1.807) is 0 Å². The molecule has 22 heavy (non-hydrogen) atoms. The molecule has 1 aromatic heterocycles. The first kappa shape index (κ1) is 15.4. The number of pyridine rings is 1. The average molecular weight is 306 g/mol. The van der Waals surface area contributed by atoms with Gasteiger partial charge in [0.05, 0.1) is 15.9 Å². The fourth-order valence-electron chi connectivity index (χ4n) is 2.22. The summed E-state index contributed by atoms with van der Waals surface area (Å²) in [7, 11) is 1.40. The molecule has 2 aromatic rings. The Kier molecular flexibility index (Phi) is 4.06. The maximum absolute atomic E-state index is 12.0. The van der Waals surface area contributed by atoms with E-state index in [2.05, 4.69) is 5.32 Å². The summed E-state index contributed by atoms with van der Waals surface area (Å²) in [5.41, 5.74) is -0.877. The molecular weight excluding hydrogens is 292 g/mol. The van der Waals surface area contributed by atoms with Crippen LogP contribution in [0.1, 0.15) is 13.3 Å². The zero-order valence-corrected chi connectivity index (χ0v) is 12.0. The third-order valence-electron chi connectivity index (χ3n) is 3.27. The monoisotopic (exact) mass is 306 g/mol. The van der Waals surface area contributed by atoms with Crippen molar-refractivity contribution in [1.82, 2.24) is 4.57 Å². The Bertz CT molecular complexity index is 827. The first-order valence-corrected chi connectivity index (χ1v) is 6.57. The molecule has 116 valence electrons. The quantitative estimate of drug-likeness (QED) is 0.667. The number of aryl methyl sites for hydroxylation is 1. The van der Waals surface area contributed by atoms with Gasteiger partial charge in [0.25, 0.3) is 11.2 Å². The first-order valence-electron chi connectivity index (χ1n) is 6.57. The lowest BCUT2D eigenvalue weighted by atomic mass is 10.1. The number of hydrogen-bond donors (Lipinski definition) is 1. The molecule has 0 fully saturated rings. The smallest absolute Gasteiger partial charge is 0.300 e. The van der Waals surface area contributed by atoms with Crippen molar-refractivity contribution in [3.63, 3.8) is 0 Å². The lowest BCUT2D eigenvalue weighted by molar-refractivity contribution is -0.393. The van der Waals surface area contributed by atoms with Gasteiger partial charge in [-0.3, -0.25) is 25.0 Å². The van der Waals surface area contributed by atoms with Gasteiger partial charge in [-0.1, -0.05) is 6.92 Å². The molecule has 0 saturated carbocycles. The lowest BCUT2D eigenvalue weighted by Crippen LogP contribution is -2.18. The van der Waals surface area contributed by atoms with Crippen LogP contribution in [0.15, 0.2) is 23.0 Å². The zero-order chi connectivity index (χ0) is 16.4. The molecule has 0 aliphatic carbocycles. The number of nitrogens with one attached hydrogen (secondary N) is 1. The van der Waals surface area contributed by atoms with Crippen LogP contribution >= 0.6 is 0 Å². The highest BCUT2D eigenvalue weighted by Crippen LogP contribution is 2.33. The van der Waals surface area contributed by atoms with Crippen molar-refractivity contribution in [1.29, 1.82) is 0 Å². The molecule has 1 N–H and O–H groups in total. The molecule has 0 amide bonds. The SMILES string of the molecule is CCCNc1cc(=O)n(C)c2c([N+](=O)[O-])cc([N+](=O)[O-])cc12. The van der Waals surface area contributed by atoms with Gasteiger partial charge in [0.2, 0.25) is 0 Å². The van der Waals surface area contributed by atoms with Crippen LogP contribution in [-0.4, -0.2) is 21.0 Å². The van der Waals surface area contributed by atoms with Crippen LogP contribution in [0.3, 0.4) is 0 Å². The molecule has 1 aromatic carbocycles. The number of nitrogens with zero attached hydrogens (tertiary/aromatic N) is 3. The number of nitro benzene ring substituents is 2. The van der Waals surface area contributed by atoms with Crippen molar-refractivity contribution >= 4 is 28.0 Å². The summed E-state index contributed by atoms with van der Waals surface area (Å²) in [6, 6.07) is 3.39. The number of rotatable bonds is 5. The predicted molar refractivity (Wildman–Crippen MR) is 81.3 cm³/mol. The van der Waals surface area contributed by atoms with Gasteiger partial charge < -0.3 is 9.88 Å². The van der Waals surface area contributed by atoms with E-state index in [1.807, 2.05) is 6.92 Å². The zero-order valence-electron chi connectivity index (χ0n) is 12.0. The Morgan fingerprint density at radius 3 is 2.41 bits per heavy atom. The number of non-ortho nitro benzene ring substituents is 2. The van der Waals surface area contributed by atoms with E-state index >= 15 is 0 Å². The van der Waals surface area contributed by atoms with Gasteiger partial charge in [0.15, 0.2) is 0 Å². The summed E-state index contributed by atoms with van der Waals surface area (Å²) in [5, 5.41) is 25.5. The predicted octanol–water partition coefficient (Wildman–Crippen LogP) is 2.18. The van der Waals surface area contributed by atoms with Crippen molar-refractivity contribution in [2.45, 2.75) is 13.3 Å². The van der Waals surface area contributed by atoms with Gasteiger partial charge in [0.1, 0.15) is 5.52 Å². The number of fused-ring (bicyclic) bond motifs is 1. The highest BCUT2D eigenvalue weighted by Gasteiger charge is 2.23. The first-order chi connectivity index (χ1) is 10.4. The van der Waals surface area contributed by atoms with Gasteiger partial charge in [-0.2, -0.15) is 0 Å². The molecule has 2 rings (SSSR count). The molecule has 1 heterocycles. The van der Waals surface area contributed by atoms with Gasteiger partial charge in [-0.15, -0.1) is 0 Å². The minimum atomic E-state index is -0.724. The number of nitro groups is 2. The lowest BCUT2D eigenvalue weighted by Gasteiger charge is -2.11. The third kappa shape index (κ3) is 2.60. The summed E-state index contributed by atoms with van der Waals surface area (Å²) >= 11 is 0. The van der Waals surface area contributed by atoms with E-state index in [9.17, 15) is 25.0 Å². The van der Waals surface area contributed by atoms with E-state index in [0.717, 1.165) is 17.1 Å². The second-order valence-corrected chi connectivity index (χ2v) is 4.76. The summed E-state index contributed by atoms with van der Waals surface area (Å²) in [5.74, 6) is 0. The average Bonchev–Trinajstić information content (AvgIpc) is 2.48. The van der Waals surface area contributed by atoms with Crippen molar-refractivity contribution in [2.24, 2.45) is 7.05 Å². The van der Waals surface area contributed by atoms with Gasteiger partial charge in [-0.25, -0.2) is 0 Å². The van der Waals surface area contributed by atoms with Gasteiger partial charge in [0, 0.05) is 36.8 Å². The Balaban J connectivity index is 2.93. The Morgan fingerprint density at radius 1 is 1.18 bits per heavy atom. The van der Waals surface area contributed by atoms with Gasteiger partial charge in [-0.05, 0) is 6.42 Å². The van der Waals surface area contributed by atoms with E-state index in [0.29, 0.717) is 12.2 Å². The van der Waals surface area contributed by atoms with Crippen LogP contribution in [0, 0.1) is 20.2 Å². The highest BCUT2D eigenvalue weighted by molar-refractivity contribution is 5.98. The second kappa shape index (κ2) is 5.80. The maximum Gasteiger partial charge on any atom is 0.300 e. The van der Waals surface area contributed by atoms with Crippen molar-refractivity contribution in [3.8, 4) is 0 Å². The molecule has 0 aliphatic heterocycles. The molecule has 0 spiro atoms. The maximum atomic E-state index is 12.0. The fraction of sp³-hybridized carbons (Fsp3) is 0.308. The van der Waals surface area contributed by atoms with Crippen LogP contribution in [0.5, 0.6) is 0 Å². The molecular formula is C13H14N4O5. The van der Waals surface area contributed by atoms with Crippen LogP contribution in [0.4, 0.5) is 17.1 Å². The Labute approximate surface area is 124 Å². The molecule has 9 nitrogen and oxygen atoms in total. The van der Waals surface area contributed by atoms with E-state index in [4.69, 9.17) is 0 Å². The summed E-state index contributed by atoms with van der Waals surface area (Å²) in [6.45, 7) is 2.46. The number of aromatic nitrogens is 1.